The van der Waals surface area contributed by atoms with E-state index in [1.54, 1.807) is 0 Å². The van der Waals surface area contributed by atoms with Crippen molar-refractivity contribution >= 4 is 12.1 Å². The van der Waals surface area contributed by atoms with E-state index in [-0.39, 0.29) is 18.1 Å². The Labute approximate surface area is 78.4 Å². The van der Waals surface area contributed by atoms with Crippen LogP contribution in [0.5, 0.6) is 0 Å². The molecule has 0 aliphatic carbocycles. The van der Waals surface area contributed by atoms with Crippen LogP contribution in [-0.4, -0.2) is 24.2 Å². The molecule has 0 aromatic carbocycles. The van der Waals surface area contributed by atoms with Crippen molar-refractivity contribution in [1.82, 2.24) is 10.6 Å². The zero-order valence-electron chi connectivity index (χ0n) is 8.47. The first-order valence-corrected chi connectivity index (χ1v) is 4.25. The maximum atomic E-state index is 10.9. The van der Waals surface area contributed by atoms with Crippen molar-refractivity contribution in [1.29, 1.82) is 5.41 Å². The van der Waals surface area contributed by atoms with Gasteiger partial charge in [0.1, 0.15) is 0 Å². The Balaban J connectivity index is 3.72. The zero-order chi connectivity index (χ0) is 10.4. The number of rotatable bonds is 2. The molecule has 0 rings (SSSR count). The number of nitrogens with one attached hydrogen (secondary N) is 3. The molecule has 0 atom stereocenters. The van der Waals surface area contributed by atoms with Crippen LogP contribution in [0.4, 0.5) is 4.79 Å². The number of hydrogen-bond acceptors (Lipinski definition) is 3. The van der Waals surface area contributed by atoms with Crippen LogP contribution < -0.4 is 10.6 Å². The van der Waals surface area contributed by atoms with E-state index < -0.39 is 6.09 Å². The van der Waals surface area contributed by atoms with Gasteiger partial charge >= 0.3 is 6.09 Å². The predicted molar refractivity (Wildman–Crippen MR) is 50.8 cm³/mol. The predicted octanol–water partition coefficient (Wildman–Crippen LogP) is 1.05. The summed E-state index contributed by atoms with van der Waals surface area (Å²) in [6, 6.07) is -0.133. The Kier molecular flexibility index (Phi) is 4.87. The van der Waals surface area contributed by atoms with E-state index in [9.17, 15) is 4.79 Å². The van der Waals surface area contributed by atoms with Gasteiger partial charge in [0.25, 0.3) is 6.02 Å². The lowest BCUT2D eigenvalue weighted by Crippen LogP contribution is -2.38. The molecule has 0 aromatic heterocycles. The van der Waals surface area contributed by atoms with Crippen LogP contribution in [0.15, 0.2) is 0 Å². The summed E-state index contributed by atoms with van der Waals surface area (Å²) in [4.78, 5) is 10.9. The Hall–Kier alpha value is -1.26. The van der Waals surface area contributed by atoms with E-state index in [2.05, 4.69) is 15.4 Å². The molecule has 3 N–H and O–H groups in total. The quantitative estimate of drug-likeness (QED) is 0.447. The smallest absolute Gasteiger partial charge is 0.376 e. The number of alkyl carbamates (subject to hydrolysis) is 1. The summed E-state index contributed by atoms with van der Waals surface area (Å²) in [5.74, 6) is 0. The highest BCUT2D eigenvalue weighted by molar-refractivity contribution is 5.84. The molecule has 0 fully saturated rings. The van der Waals surface area contributed by atoms with Crippen LogP contribution in [0.1, 0.15) is 27.7 Å². The fourth-order valence-electron chi connectivity index (χ4n) is 0.650. The van der Waals surface area contributed by atoms with Crippen molar-refractivity contribution in [2.45, 2.75) is 39.8 Å². The maximum absolute atomic E-state index is 10.9. The van der Waals surface area contributed by atoms with Gasteiger partial charge in [-0.25, -0.2) is 4.79 Å². The van der Waals surface area contributed by atoms with Gasteiger partial charge in [-0.3, -0.25) is 5.41 Å². The second-order valence-electron chi connectivity index (χ2n) is 3.32. The summed E-state index contributed by atoms with van der Waals surface area (Å²) >= 11 is 0. The van der Waals surface area contributed by atoms with Crippen LogP contribution in [0.25, 0.3) is 0 Å². The molecule has 0 bridgehead atoms. The van der Waals surface area contributed by atoms with Gasteiger partial charge in [0.2, 0.25) is 0 Å². The molecule has 0 saturated heterocycles. The minimum atomic E-state index is -0.604. The van der Waals surface area contributed by atoms with Crippen molar-refractivity contribution in [3.8, 4) is 0 Å². The van der Waals surface area contributed by atoms with E-state index >= 15 is 0 Å². The molecule has 0 saturated carbocycles. The van der Waals surface area contributed by atoms with Crippen LogP contribution in [0.3, 0.4) is 0 Å². The Bertz CT molecular complexity index is 170. The van der Waals surface area contributed by atoms with Gasteiger partial charge in [-0.05, 0) is 27.7 Å². The van der Waals surface area contributed by atoms with E-state index in [0.29, 0.717) is 0 Å². The van der Waals surface area contributed by atoms with Gasteiger partial charge < -0.3 is 15.4 Å². The summed E-state index contributed by atoms with van der Waals surface area (Å²) in [6.45, 7) is 7.36. The summed E-state index contributed by atoms with van der Waals surface area (Å²) in [7, 11) is 0. The molecule has 0 heterocycles. The average Bonchev–Trinajstić information content (AvgIpc) is 1.80. The standard InChI is InChI=1S/C8H17N3O2/c1-5(2)10-7(9)13-8(12)11-6(3)4/h5-6H,1-4H3,(H2,9,10)(H,11,12). The van der Waals surface area contributed by atoms with Crippen LogP contribution >= 0.6 is 0 Å². The first-order chi connectivity index (χ1) is 5.91. The maximum Gasteiger partial charge on any atom is 0.415 e. The molecular weight excluding hydrogens is 170 g/mol. The fraction of sp³-hybridized carbons (Fsp3) is 0.750. The largest absolute Gasteiger partial charge is 0.415 e. The first kappa shape index (κ1) is 11.7. The molecule has 13 heavy (non-hydrogen) atoms. The third-order valence-electron chi connectivity index (χ3n) is 1.02. The number of carbonyl (C=O) groups is 1. The van der Waals surface area contributed by atoms with Gasteiger partial charge in [-0.15, -0.1) is 0 Å². The normalized spacial score (nSPS) is 10.0. The summed E-state index contributed by atoms with van der Waals surface area (Å²) in [6.07, 6.45) is -0.604. The highest BCUT2D eigenvalue weighted by Crippen LogP contribution is 1.84. The molecule has 0 aliphatic heterocycles. The molecule has 0 spiro atoms. The zero-order valence-corrected chi connectivity index (χ0v) is 8.47. The monoisotopic (exact) mass is 187 g/mol. The van der Waals surface area contributed by atoms with E-state index in [1.807, 2.05) is 27.7 Å². The molecule has 0 unspecified atom stereocenters. The van der Waals surface area contributed by atoms with Crippen LogP contribution in [-0.2, 0) is 4.74 Å². The van der Waals surface area contributed by atoms with Gasteiger partial charge in [0, 0.05) is 12.1 Å². The van der Waals surface area contributed by atoms with Crippen molar-refractivity contribution < 1.29 is 9.53 Å². The average molecular weight is 187 g/mol. The third-order valence-corrected chi connectivity index (χ3v) is 1.02. The molecule has 1 amide bonds. The van der Waals surface area contributed by atoms with E-state index in [1.165, 1.54) is 0 Å². The Morgan fingerprint density at radius 2 is 1.62 bits per heavy atom. The minimum Gasteiger partial charge on any atom is -0.376 e. The number of amides is 1. The molecular formula is C8H17N3O2. The van der Waals surface area contributed by atoms with Crippen LogP contribution in [0, 0.1) is 5.41 Å². The van der Waals surface area contributed by atoms with Crippen molar-refractivity contribution in [2.24, 2.45) is 0 Å². The van der Waals surface area contributed by atoms with E-state index in [4.69, 9.17) is 5.41 Å². The highest BCUT2D eigenvalue weighted by atomic mass is 16.6. The molecule has 5 heteroatoms. The second kappa shape index (κ2) is 5.40. The topological polar surface area (TPSA) is 74.2 Å². The summed E-state index contributed by atoms with van der Waals surface area (Å²) in [5.41, 5.74) is 0. The van der Waals surface area contributed by atoms with Gasteiger partial charge in [0.15, 0.2) is 0 Å². The minimum absolute atomic E-state index is 0.0133. The van der Waals surface area contributed by atoms with Gasteiger partial charge in [-0.1, -0.05) is 0 Å². The fourth-order valence-corrected chi connectivity index (χ4v) is 0.650. The van der Waals surface area contributed by atoms with Crippen molar-refractivity contribution in [3.63, 3.8) is 0 Å². The lowest BCUT2D eigenvalue weighted by atomic mass is 10.4. The molecule has 0 radical (unpaired) electrons. The van der Waals surface area contributed by atoms with E-state index in [0.717, 1.165) is 0 Å². The number of hydrogen-bond donors (Lipinski definition) is 3. The third kappa shape index (κ3) is 7.11. The van der Waals surface area contributed by atoms with Crippen molar-refractivity contribution in [2.75, 3.05) is 0 Å². The number of carbonyl (C=O) groups excluding carboxylic acids is 1. The Morgan fingerprint density at radius 1 is 1.15 bits per heavy atom. The van der Waals surface area contributed by atoms with Gasteiger partial charge in [-0.2, -0.15) is 0 Å². The Morgan fingerprint density at radius 3 is 2.00 bits per heavy atom. The van der Waals surface area contributed by atoms with Crippen LogP contribution in [0.2, 0.25) is 0 Å². The highest BCUT2D eigenvalue weighted by Gasteiger charge is 2.08. The molecule has 5 nitrogen and oxygen atoms in total. The second-order valence-corrected chi connectivity index (χ2v) is 3.32. The molecule has 0 aliphatic rings. The lowest BCUT2D eigenvalue weighted by Gasteiger charge is -2.12. The SMILES string of the molecule is CC(C)NC(=N)OC(=O)NC(C)C. The number of amidine groups is 1. The lowest BCUT2D eigenvalue weighted by molar-refractivity contribution is 0.191. The number of ether oxygens (including phenoxy) is 1. The van der Waals surface area contributed by atoms with Crippen molar-refractivity contribution in [3.05, 3.63) is 0 Å². The van der Waals surface area contributed by atoms with Gasteiger partial charge in [0.05, 0.1) is 0 Å². The summed E-state index contributed by atoms with van der Waals surface area (Å²) < 4.78 is 4.59. The molecule has 0 aromatic rings. The molecule has 76 valence electrons. The summed E-state index contributed by atoms with van der Waals surface area (Å²) in [5, 5.41) is 12.4. The first-order valence-electron chi connectivity index (χ1n) is 4.25.